The maximum Gasteiger partial charge on any atom is 0.314 e. The summed E-state index contributed by atoms with van der Waals surface area (Å²) in [6, 6.07) is 9.92. The van der Waals surface area contributed by atoms with Gasteiger partial charge in [-0.25, -0.2) is 4.79 Å². The quantitative estimate of drug-likeness (QED) is 0.639. The highest BCUT2D eigenvalue weighted by molar-refractivity contribution is 5.73. The van der Waals surface area contributed by atoms with E-state index in [9.17, 15) is 9.59 Å². The Morgan fingerprint density at radius 2 is 1.80 bits per heavy atom. The second-order valence-corrected chi connectivity index (χ2v) is 4.78. The lowest BCUT2D eigenvalue weighted by Gasteiger charge is -2.12. The summed E-state index contributed by atoms with van der Waals surface area (Å²) in [5.41, 5.74) is 1.26. The van der Waals surface area contributed by atoms with Gasteiger partial charge in [-0.3, -0.25) is 4.79 Å². The minimum absolute atomic E-state index is 0.0747. The third-order valence-electron chi connectivity index (χ3n) is 3.08. The van der Waals surface area contributed by atoms with Crippen LogP contribution in [0.4, 0.5) is 4.79 Å². The number of benzene rings is 1. The fraction of sp³-hybridized carbons (Fsp3) is 0.467. The number of carboxylic acids is 1. The van der Waals surface area contributed by atoms with Crippen LogP contribution in [-0.2, 0) is 4.79 Å². The first-order chi connectivity index (χ1) is 9.59. The van der Waals surface area contributed by atoms with Crippen molar-refractivity contribution in [1.29, 1.82) is 0 Å². The first kappa shape index (κ1) is 16.0. The largest absolute Gasteiger partial charge is 0.481 e. The summed E-state index contributed by atoms with van der Waals surface area (Å²) in [5, 5.41) is 13.9. The van der Waals surface area contributed by atoms with Gasteiger partial charge in [-0.15, -0.1) is 0 Å². The van der Waals surface area contributed by atoms with Crippen LogP contribution in [0.25, 0.3) is 0 Å². The molecular weight excluding hydrogens is 256 g/mol. The lowest BCUT2D eigenvalue weighted by Crippen LogP contribution is -2.36. The van der Waals surface area contributed by atoms with Crippen molar-refractivity contribution in [2.24, 2.45) is 0 Å². The number of urea groups is 1. The molecule has 0 spiro atoms. The first-order valence-corrected chi connectivity index (χ1v) is 6.88. The van der Waals surface area contributed by atoms with Crippen LogP contribution in [-0.4, -0.2) is 30.2 Å². The maximum absolute atomic E-state index is 11.4. The van der Waals surface area contributed by atoms with Gasteiger partial charge in [0.2, 0.25) is 0 Å². The Hall–Kier alpha value is -2.04. The van der Waals surface area contributed by atoms with Gasteiger partial charge < -0.3 is 15.7 Å². The zero-order valence-electron chi connectivity index (χ0n) is 11.8. The molecule has 3 N–H and O–H groups in total. The van der Waals surface area contributed by atoms with Crippen molar-refractivity contribution < 1.29 is 14.7 Å². The summed E-state index contributed by atoms with van der Waals surface area (Å²) in [7, 11) is 0. The zero-order valence-corrected chi connectivity index (χ0v) is 11.8. The van der Waals surface area contributed by atoms with Gasteiger partial charge in [0, 0.05) is 19.5 Å². The molecule has 110 valence electrons. The van der Waals surface area contributed by atoms with Gasteiger partial charge in [0.05, 0.1) is 0 Å². The normalized spacial score (nSPS) is 11.7. The average molecular weight is 278 g/mol. The van der Waals surface area contributed by atoms with Crippen LogP contribution in [0.5, 0.6) is 0 Å². The van der Waals surface area contributed by atoms with E-state index >= 15 is 0 Å². The molecule has 0 bridgehead atoms. The molecule has 1 unspecified atom stereocenters. The molecule has 0 aliphatic rings. The summed E-state index contributed by atoms with van der Waals surface area (Å²) in [6.07, 6.45) is 1.39. The van der Waals surface area contributed by atoms with Crippen LogP contribution in [0, 0.1) is 0 Å². The number of hydrogen-bond donors (Lipinski definition) is 3. The van der Waals surface area contributed by atoms with Crippen molar-refractivity contribution in [3.63, 3.8) is 0 Å². The van der Waals surface area contributed by atoms with Gasteiger partial charge in [0.25, 0.3) is 0 Å². The number of carbonyl (C=O) groups is 2. The Balaban J connectivity index is 2.11. The minimum atomic E-state index is -0.844. The molecule has 1 aromatic carbocycles. The molecule has 0 saturated carbocycles. The van der Waals surface area contributed by atoms with E-state index in [1.54, 1.807) is 0 Å². The molecule has 0 heterocycles. The number of carboxylic acid groups (broad SMARTS) is 1. The number of nitrogens with one attached hydrogen (secondary N) is 2. The van der Waals surface area contributed by atoms with Crippen molar-refractivity contribution in [2.45, 2.75) is 32.1 Å². The van der Waals surface area contributed by atoms with Gasteiger partial charge in [0.1, 0.15) is 0 Å². The average Bonchev–Trinajstić information content (AvgIpc) is 2.44. The SMILES string of the molecule is CC(CCNC(=O)NCCCC(=O)O)c1ccccc1. The number of carbonyl (C=O) groups excluding carboxylic acids is 1. The van der Waals surface area contributed by atoms with E-state index in [-0.39, 0.29) is 12.5 Å². The standard InChI is InChI=1S/C15H22N2O3/c1-12(13-6-3-2-4-7-13)9-11-17-15(20)16-10-5-8-14(18)19/h2-4,6-7,12H,5,8-11H2,1H3,(H,18,19)(H2,16,17,20). The van der Waals surface area contributed by atoms with Crippen molar-refractivity contribution in [2.75, 3.05) is 13.1 Å². The Morgan fingerprint density at radius 1 is 1.15 bits per heavy atom. The van der Waals surface area contributed by atoms with Crippen molar-refractivity contribution in [3.8, 4) is 0 Å². The van der Waals surface area contributed by atoms with E-state index in [2.05, 4.69) is 29.7 Å². The summed E-state index contributed by atoms with van der Waals surface area (Å²) < 4.78 is 0. The maximum atomic E-state index is 11.4. The fourth-order valence-corrected chi connectivity index (χ4v) is 1.85. The molecule has 0 fully saturated rings. The van der Waals surface area contributed by atoms with Crippen LogP contribution in [0.2, 0.25) is 0 Å². The summed E-state index contributed by atoms with van der Waals surface area (Å²) >= 11 is 0. The van der Waals surface area contributed by atoms with Gasteiger partial charge >= 0.3 is 12.0 Å². The molecule has 0 saturated heterocycles. The highest BCUT2D eigenvalue weighted by Crippen LogP contribution is 2.17. The zero-order chi connectivity index (χ0) is 14.8. The third kappa shape index (κ3) is 6.78. The number of amides is 2. The Labute approximate surface area is 119 Å². The summed E-state index contributed by atoms with van der Waals surface area (Å²) in [6.45, 7) is 3.11. The molecule has 0 aliphatic heterocycles. The Morgan fingerprint density at radius 3 is 2.45 bits per heavy atom. The second-order valence-electron chi connectivity index (χ2n) is 4.78. The van der Waals surface area contributed by atoms with Crippen molar-refractivity contribution in [1.82, 2.24) is 10.6 Å². The summed E-state index contributed by atoms with van der Waals surface area (Å²) in [5.74, 6) is -0.451. The molecule has 0 aromatic heterocycles. The molecule has 2 amide bonds. The van der Waals surface area contributed by atoms with Gasteiger partial charge in [-0.05, 0) is 24.3 Å². The smallest absolute Gasteiger partial charge is 0.314 e. The Kier molecular flexibility index (Phi) is 7.17. The van der Waals surface area contributed by atoms with E-state index in [0.29, 0.717) is 25.4 Å². The van der Waals surface area contributed by atoms with Crippen LogP contribution in [0.3, 0.4) is 0 Å². The topological polar surface area (TPSA) is 78.4 Å². The molecule has 1 atom stereocenters. The van der Waals surface area contributed by atoms with Gasteiger partial charge in [-0.2, -0.15) is 0 Å². The molecular formula is C15H22N2O3. The van der Waals surface area contributed by atoms with E-state index in [4.69, 9.17) is 5.11 Å². The van der Waals surface area contributed by atoms with Crippen molar-refractivity contribution in [3.05, 3.63) is 35.9 Å². The number of rotatable bonds is 8. The van der Waals surface area contributed by atoms with E-state index < -0.39 is 5.97 Å². The number of hydrogen-bond acceptors (Lipinski definition) is 2. The third-order valence-corrected chi connectivity index (χ3v) is 3.08. The van der Waals surface area contributed by atoms with E-state index in [1.165, 1.54) is 5.56 Å². The predicted octanol–water partition coefficient (Wildman–Crippen LogP) is 2.34. The first-order valence-electron chi connectivity index (χ1n) is 6.88. The van der Waals surface area contributed by atoms with Crippen LogP contribution in [0.1, 0.15) is 37.7 Å². The highest BCUT2D eigenvalue weighted by atomic mass is 16.4. The fourth-order valence-electron chi connectivity index (χ4n) is 1.85. The lowest BCUT2D eigenvalue weighted by atomic mass is 9.98. The lowest BCUT2D eigenvalue weighted by molar-refractivity contribution is -0.137. The molecule has 0 radical (unpaired) electrons. The summed E-state index contributed by atoms with van der Waals surface area (Å²) in [4.78, 5) is 21.7. The van der Waals surface area contributed by atoms with Crippen LogP contribution in [0.15, 0.2) is 30.3 Å². The van der Waals surface area contributed by atoms with E-state index in [1.807, 2.05) is 18.2 Å². The molecule has 20 heavy (non-hydrogen) atoms. The number of aliphatic carboxylic acids is 1. The van der Waals surface area contributed by atoms with Crippen LogP contribution >= 0.6 is 0 Å². The monoisotopic (exact) mass is 278 g/mol. The van der Waals surface area contributed by atoms with E-state index in [0.717, 1.165) is 6.42 Å². The minimum Gasteiger partial charge on any atom is -0.481 e. The molecule has 5 heteroatoms. The second kappa shape index (κ2) is 8.96. The van der Waals surface area contributed by atoms with Gasteiger partial charge in [0.15, 0.2) is 0 Å². The van der Waals surface area contributed by atoms with Gasteiger partial charge in [-0.1, -0.05) is 37.3 Å². The Bertz CT molecular complexity index is 420. The highest BCUT2D eigenvalue weighted by Gasteiger charge is 2.06. The van der Waals surface area contributed by atoms with Crippen molar-refractivity contribution >= 4 is 12.0 Å². The molecule has 1 rings (SSSR count). The van der Waals surface area contributed by atoms with Crippen LogP contribution < -0.4 is 10.6 Å². The molecule has 0 aliphatic carbocycles. The molecule has 1 aromatic rings. The predicted molar refractivity (Wildman–Crippen MR) is 77.7 cm³/mol. The molecule has 5 nitrogen and oxygen atoms in total.